The predicted octanol–water partition coefficient (Wildman–Crippen LogP) is 2.57. The molecule has 0 bridgehead atoms. The molecule has 2 aromatic heterocycles. The third-order valence-electron chi connectivity index (χ3n) is 2.27. The van der Waals surface area contributed by atoms with E-state index in [0.29, 0.717) is 0 Å². The van der Waals surface area contributed by atoms with Gasteiger partial charge < -0.3 is 5.73 Å². The van der Waals surface area contributed by atoms with Crippen molar-refractivity contribution in [3.8, 4) is 0 Å². The van der Waals surface area contributed by atoms with Crippen LogP contribution in [0.3, 0.4) is 0 Å². The lowest BCUT2D eigenvalue weighted by atomic mass is 10.2. The first-order valence-corrected chi connectivity index (χ1v) is 6.39. The molecule has 0 aliphatic carbocycles. The van der Waals surface area contributed by atoms with Crippen LogP contribution in [0.1, 0.15) is 32.3 Å². The molecule has 3 nitrogen and oxygen atoms in total. The summed E-state index contributed by atoms with van der Waals surface area (Å²) in [6, 6.07) is -0.174. The van der Waals surface area contributed by atoms with Crippen LogP contribution in [0.25, 0.3) is 0 Å². The Bertz CT molecular complexity index is 453. The lowest BCUT2D eigenvalue weighted by Crippen LogP contribution is -2.11. The van der Waals surface area contributed by atoms with Crippen LogP contribution in [0.2, 0.25) is 0 Å². The van der Waals surface area contributed by atoms with Gasteiger partial charge in [-0.3, -0.25) is 0 Å². The van der Waals surface area contributed by atoms with Gasteiger partial charge in [0.2, 0.25) is 0 Å². The first kappa shape index (κ1) is 10.7. The van der Waals surface area contributed by atoms with Crippen molar-refractivity contribution in [3.63, 3.8) is 0 Å². The summed E-state index contributed by atoms with van der Waals surface area (Å²) >= 11 is 3.28. The zero-order valence-corrected chi connectivity index (χ0v) is 10.6. The van der Waals surface area contributed by atoms with Crippen molar-refractivity contribution < 1.29 is 0 Å². The van der Waals surface area contributed by atoms with Crippen LogP contribution in [0.15, 0.2) is 5.38 Å². The Labute approximate surface area is 97.0 Å². The van der Waals surface area contributed by atoms with Crippen LogP contribution in [-0.4, -0.2) is 9.97 Å². The number of aryl methyl sites for hydroxylation is 3. The highest BCUT2D eigenvalue weighted by Gasteiger charge is 2.16. The second kappa shape index (κ2) is 4.00. The van der Waals surface area contributed by atoms with Crippen LogP contribution in [0, 0.1) is 20.8 Å². The molecule has 1 unspecified atom stereocenters. The highest BCUT2D eigenvalue weighted by molar-refractivity contribution is 7.11. The smallest absolute Gasteiger partial charge is 0.116 e. The van der Waals surface area contributed by atoms with Gasteiger partial charge in [-0.1, -0.05) is 0 Å². The molecule has 2 heterocycles. The molecule has 0 aliphatic heterocycles. The molecule has 2 aromatic rings. The molecule has 15 heavy (non-hydrogen) atoms. The number of hydrogen-bond acceptors (Lipinski definition) is 5. The van der Waals surface area contributed by atoms with Crippen molar-refractivity contribution in [1.82, 2.24) is 9.97 Å². The molecule has 0 saturated carbocycles. The van der Waals surface area contributed by atoms with Crippen molar-refractivity contribution in [3.05, 3.63) is 31.7 Å². The molecule has 0 amide bonds. The van der Waals surface area contributed by atoms with E-state index in [-0.39, 0.29) is 6.04 Å². The van der Waals surface area contributed by atoms with Gasteiger partial charge in [0, 0.05) is 10.3 Å². The van der Waals surface area contributed by atoms with E-state index in [9.17, 15) is 0 Å². The highest BCUT2D eigenvalue weighted by Crippen LogP contribution is 2.26. The molecule has 80 valence electrons. The highest BCUT2D eigenvalue weighted by atomic mass is 32.1. The monoisotopic (exact) mass is 239 g/mol. The van der Waals surface area contributed by atoms with Crippen LogP contribution >= 0.6 is 22.7 Å². The van der Waals surface area contributed by atoms with Gasteiger partial charge in [-0.2, -0.15) is 0 Å². The fourth-order valence-electron chi connectivity index (χ4n) is 1.28. The van der Waals surface area contributed by atoms with Gasteiger partial charge in [0.25, 0.3) is 0 Å². The van der Waals surface area contributed by atoms with Gasteiger partial charge in [0.15, 0.2) is 0 Å². The molecular weight excluding hydrogens is 226 g/mol. The Kier molecular flexibility index (Phi) is 2.86. The minimum Gasteiger partial charge on any atom is -0.317 e. The van der Waals surface area contributed by atoms with Crippen LogP contribution < -0.4 is 5.73 Å². The van der Waals surface area contributed by atoms with Crippen molar-refractivity contribution in [2.45, 2.75) is 26.8 Å². The summed E-state index contributed by atoms with van der Waals surface area (Å²) in [4.78, 5) is 10.1. The summed E-state index contributed by atoms with van der Waals surface area (Å²) in [6.07, 6.45) is 0. The largest absolute Gasteiger partial charge is 0.317 e. The zero-order chi connectivity index (χ0) is 11.0. The van der Waals surface area contributed by atoms with E-state index in [1.165, 1.54) is 4.88 Å². The first-order valence-electron chi connectivity index (χ1n) is 4.69. The number of hydrogen-bond donors (Lipinski definition) is 1. The second-order valence-corrected chi connectivity index (χ2v) is 5.76. The number of aromatic nitrogens is 2. The Morgan fingerprint density at radius 2 is 2.00 bits per heavy atom. The molecule has 1 atom stereocenters. The van der Waals surface area contributed by atoms with Crippen LogP contribution in [0.4, 0.5) is 0 Å². The molecule has 2 N–H and O–H groups in total. The quantitative estimate of drug-likeness (QED) is 0.876. The molecule has 0 spiro atoms. The minimum atomic E-state index is -0.174. The van der Waals surface area contributed by atoms with Crippen molar-refractivity contribution in [1.29, 1.82) is 0 Å². The maximum Gasteiger partial charge on any atom is 0.116 e. The van der Waals surface area contributed by atoms with E-state index in [1.54, 1.807) is 22.7 Å². The Morgan fingerprint density at radius 1 is 1.27 bits per heavy atom. The van der Waals surface area contributed by atoms with Crippen LogP contribution in [-0.2, 0) is 0 Å². The van der Waals surface area contributed by atoms with Gasteiger partial charge in [-0.15, -0.1) is 22.7 Å². The summed E-state index contributed by atoms with van der Waals surface area (Å²) in [5.41, 5.74) is 8.09. The van der Waals surface area contributed by atoms with E-state index in [4.69, 9.17) is 5.73 Å². The van der Waals surface area contributed by atoms with E-state index in [0.717, 1.165) is 21.4 Å². The Morgan fingerprint density at radius 3 is 2.47 bits per heavy atom. The van der Waals surface area contributed by atoms with E-state index >= 15 is 0 Å². The average molecular weight is 239 g/mol. The molecule has 0 fully saturated rings. The van der Waals surface area contributed by atoms with Gasteiger partial charge in [-0.25, -0.2) is 9.97 Å². The Balaban J connectivity index is 2.31. The van der Waals surface area contributed by atoms with Crippen molar-refractivity contribution in [2.24, 2.45) is 5.73 Å². The fourth-order valence-corrected chi connectivity index (χ4v) is 2.87. The summed E-state index contributed by atoms with van der Waals surface area (Å²) in [5, 5.41) is 4.01. The van der Waals surface area contributed by atoms with E-state index < -0.39 is 0 Å². The molecule has 0 saturated heterocycles. The normalized spacial score (nSPS) is 13.1. The number of nitrogens with zero attached hydrogens (tertiary/aromatic N) is 2. The molecule has 0 aromatic carbocycles. The molecule has 5 heteroatoms. The summed E-state index contributed by atoms with van der Waals surface area (Å²) in [5.74, 6) is 0. The molecule has 2 rings (SSSR count). The summed E-state index contributed by atoms with van der Waals surface area (Å²) in [7, 11) is 0. The summed E-state index contributed by atoms with van der Waals surface area (Å²) < 4.78 is 0. The summed E-state index contributed by atoms with van der Waals surface area (Å²) in [6.45, 7) is 6.06. The van der Waals surface area contributed by atoms with Gasteiger partial charge in [-0.05, 0) is 20.8 Å². The second-order valence-electron chi connectivity index (χ2n) is 3.46. The fraction of sp³-hybridized carbons (Fsp3) is 0.400. The first-order chi connectivity index (χ1) is 7.08. The lowest BCUT2D eigenvalue weighted by molar-refractivity contribution is 0.819. The molecule has 0 radical (unpaired) electrons. The molecule has 0 aliphatic rings. The molecular formula is C10H13N3S2. The Hall–Kier alpha value is -0.780. The van der Waals surface area contributed by atoms with Crippen molar-refractivity contribution >= 4 is 22.7 Å². The van der Waals surface area contributed by atoms with E-state index in [2.05, 4.69) is 16.9 Å². The average Bonchev–Trinajstić information content (AvgIpc) is 2.74. The van der Waals surface area contributed by atoms with Crippen molar-refractivity contribution in [2.75, 3.05) is 0 Å². The predicted molar refractivity (Wildman–Crippen MR) is 64.5 cm³/mol. The topological polar surface area (TPSA) is 51.8 Å². The minimum absolute atomic E-state index is 0.174. The number of thiazole rings is 2. The number of nitrogens with two attached hydrogens (primary N) is 1. The number of rotatable bonds is 2. The maximum absolute atomic E-state index is 6.10. The van der Waals surface area contributed by atoms with Crippen LogP contribution in [0.5, 0.6) is 0 Å². The van der Waals surface area contributed by atoms with Gasteiger partial charge >= 0.3 is 0 Å². The van der Waals surface area contributed by atoms with E-state index in [1.807, 2.05) is 19.2 Å². The SMILES string of the molecule is Cc1nc(C(N)c2nc(C)c(C)s2)cs1. The maximum atomic E-state index is 6.10. The third kappa shape index (κ3) is 2.09. The van der Waals surface area contributed by atoms with Gasteiger partial charge in [0.05, 0.1) is 16.4 Å². The standard InChI is InChI=1S/C10H13N3S2/c1-5-6(2)15-10(12-5)9(11)8-4-14-7(3)13-8/h4,9H,11H2,1-3H3. The zero-order valence-electron chi connectivity index (χ0n) is 8.94. The lowest BCUT2D eigenvalue weighted by Gasteiger charge is -2.03. The third-order valence-corrected chi connectivity index (χ3v) is 4.21. The van der Waals surface area contributed by atoms with Gasteiger partial charge in [0.1, 0.15) is 11.0 Å².